The van der Waals surface area contributed by atoms with Gasteiger partial charge < -0.3 is 5.11 Å². The molecular formula is C19H21BrN4O3S. The van der Waals surface area contributed by atoms with Crippen LogP contribution in [0.3, 0.4) is 0 Å². The van der Waals surface area contributed by atoms with Gasteiger partial charge >= 0.3 is 0 Å². The normalized spacial score (nSPS) is 16.3. The number of carbonyl (C=O) groups excluding carboxylic acids is 1. The van der Waals surface area contributed by atoms with Crippen LogP contribution in [0.5, 0.6) is 5.88 Å². The number of aromatic amines is 1. The molecule has 3 rings (SSSR count). The zero-order valence-corrected chi connectivity index (χ0v) is 18.0. The molecule has 2 heterocycles. The number of hydrazone groups is 1. The minimum Gasteiger partial charge on any atom is -0.494 e. The van der Waals surface area contributed by atoms with Gasteiger partial charge in [0.2, 0.25) is 11.8 Å². The third kappa shape index (κ3) is 3.95. The minimum absolute atomic E-state index is 0.0653. The van der Waals surface area contributed by atoms with Crippen LogP contribution >= 0.6 is 28.1 Å². The van der Waals surface area contributed by atoms with E-state index in [1.54, 1.807) is 0 Å². The lowest BCUT2D eigenvalue weighted by molar-refractivity contribution is -0.130. The molecule has 0 spiro atoms. The number of hydrogen-bond donors (Lipinski definition) is 2. The van der Waals surface area contributed by atoms with Gasteiger partial charge in [0, 0.05) is 24.4 Å². The molecule has 0 saturated heterocycles. The number of carbonyl (C=O) groups is 1. The van der Waals surface area contributed by atoms with Crippen LogP contribution in [0.4, 0.5) is 0 Å². The van der Waals surface area contributed by atoms with Crippen molar-refractivity contribution in [3.05, 3.63) is 55.0 Å². The summed E-state index contributed by atoms with van der Waals surface area (Å²) in [6.07, 6.45) is 2.05. The number of unbranched alkanes of at least 4 members (excludes halogenated alkanes) is 1. The Morgan fingerprint density at radius 2 is 2.07 bits per heavy atom. The van der Waals surface area contributed by atoms with Crippen LogP contribution in [-0.2, 0) is 11.3 Å². The molecule has 0 radical (unpaired) electrons. The van der Waals surface area contributed by atoms with E-state index in [1.807, 2.05) is 31.2 Å². The highest BCUT2D eigenvalue weighted by atomic mass is 79.9. The second kappa shape index (κ2) is 8.40. The Labute approximate surface area is 175 Å². The van der Waals surface area contributed by atoms with Crippen molar-refractivity contribution in [2.24, 2.45) is 5.10 Å². The SMILES string of the molecule is CCCCn1c(O)c(C2=NN(C(C)=O)[C@H](c3ccc(Br)cc3)C2)c(=O)[nH]c1=S. The molecule has 1 atom stereocenters. The number of nitrogens with zero attached hydrogens (tertiary/aromatic N) is 3. The number of H-pyrrole nitrogens is 1. The lowest BCUT2D eigenvalue weighted by Crippen LogP contribution is -2.24. The summed E-state index contributed by atoms with van der Waals surface area (Å²) in [5, 5.41) is 16.5. The highest BCUT2D eigenvalue weighted by molar-refractivity contribution is 9.10. The van der Waals surface area contributed by atoms with Crippen molar-refractivity contribution in [2.45, 2.75) is 45.7 Å². The number of halogens is 1. The first kappa shape index (κ1) is 20.5. The molecule has 0 unspecified atom stereocenters. The van der Waals surface area contributed by atoms with Crippen molar-refractivity contribution in [1.29, 1.82) is 0 Å². The molecule has 1 aliphatic heterocycles. The molecule has 1 amide bonds. The third-order valence-corrected chi connectivity index (χ3v) is 5.53. The van der Waals surface area contributed by atoms with Crippen LogP contribution in [0.2, 0.25) is 0 Å². The average Bonchev–Trinajstić information content (AvgIpc) is 3.07. The Bertz CT molecular complexity index is 1040. The molecule has 2 N–H and O–H groups in total. The van der Waals surface area contributed by atoms with Crippen LogP contribution < -0.4 is 5.56 Å². The van der Waals surface area contributed by atoms with Crippen LogP contribution in [0.15, 0.2) is 38.6 Å². The first-order chi connectivity index (χ1) is 13.3. The molecule has 0 aliphatic carbocycles. The Morgan fingerprint density at radius 1 is 1.39 bits per heavy atom. The van der Waals surface area contributed by atoms with Crippen LogP contribution in [0.1, 0.15) is 50.3 Å². The van der Waals surface area contributed by atoms with Crippen LogP contribution in [-0.4, -0.2) is 31.3 Å². The number of nitrogens with one attached hydrogen (secondary N) is 1. The smallest absolute Gasteiger partial charge is 0.264 e. The zero-order chi connectivity index (χ0) is 20.4. The maximum atomic E-state index is 12.6. The summed E-state index contributed by atoms with van der Waals surface area (Å²) in [5.41, 5.74) is 0.818. The lowest BCUT2D eigenvalue weighted by atomic mass is 9.99. The van der Waals surface area contributed by atoms with E-state index >= 15 is 0 Å². The van der Waals surface area contributed by atoms with Gasteiger partial charge in [-0.1, -0.05) is 41.4 Å². The number of benzene rings is 1. The fourth-order valence-corrected chi connectivity index (χ4v) is 3.77. The van der Waals surface area contributed by atoms with Gasteiger partial charge in [-0.25, -0.2) is 5.01 Å². The van der Waals surface area contributed by atoms with Crippen LogP contribution in [0.25, 0.3) is 0 Å². The molecule has 2 aromatic rings. The van der Waals surface area contributed by atoms with Gasteiger partial charge in [-0.3, -0.25) is 19.1 Å². The summed E-state index contributed by atoms with van der Waals surface area (Å²) in [5.74, 6) is -0.446. The molecule has 1 aromatic carbocycles. The summed E-state index contributed by atoms with van der Waals surface area (Å²) >= 11 is 8.59. The third-order valence-electron chi connectivity index (χ3n) is 4.68. The molecule has 9 heteroatoms. The second-order valence-electron chi connectivity index (χ2n) is 6.64. The summed E-state index contributed by atoms with van der Waals surface area (Å²) in [4.78, 5) is 27.3. The van der Waals surface area contributed by atoms with E-state index in [0.717, 1.165) is 22.9 Å². The first-order valence-electron chi connectivity index (χ1n) is 9.02. The molecule has 148 valence electrons. The number of aromatic nitrogens is 2. The predicted molar refractivity (Wildman–Crippen MR) is 113 cm³/mol. The van der Waals surface area contributed by atoms with Crippen molar-refractivity contribution in [1.82, 2.24) is 14.6 Å². The topological polar surface area (TPSA) is 90.7 Å². The van der Waals surface area contributed by atoms with Gasteiger partial charge in [0.05, 0.1) is 11.8 Å². The van der Waals surface area contributed by atoms with E-state index in [1.165, 1.54) is 16.5 Å². The Morgan fingerprint density at radius 3 is 2.68 bits per heavy atom. The quantitative estimate of drug-likeness (QED) is 0.656. The average molecular weight is 465 g/mol. The maximum Gasteiger partial charge on any atom is 0.264 e. The van der Waals surface area contributed by atoms with Gasteiger partial charge in [0.1, 0.15) is 5.56 Å². The van der Waals surface area contributed by atoms with Crippen LogP contribution in [0, 0.1) is 4.77 Å². The number of aromatic hydroxyl groups is 1. The summed E-state index contributed by atoms with van der Waals surface area (Å²) in [7, 11) is 0. The molecule has 0 saturated carbocycles. The molecule has 7 nitrogen and oxygen atoms in total. The minimum atomic E-state index is -0.506. The fourth-order valence-electron chi connectivity index (χ4n) is 3.24. The molecule has 1 aliphatic rings. The summed E-state index contributed by atoms with van der Waals surface area (Å²) in [6.45, 7) is 3.95. The van der Waals surface area contributed by atoms with Crippen molar-refractivity contribution in [3.8, 4) is 5.88 Å². The predicted octanol–water partition coefficient (Wildman–Crippen LogP) is 3.87. The largest absolute Gasteiger partial charge is 0.494 e. The van der Waals surface area contributed by atoms with Crippen molar-refractivity contribution < 1.29 is 9.90 Å². The molecule has 0 bridgehead atoms. The lowest BCUT2D eigenvalue weighted by Gasteiger charge is -2.20. The Balaban J connectivity index is 2.05. The highest BCUT2D eigenvalue weighted by Crippen LogP contribution is 2.34. The molecule has 28 heavy (non-hydrogen) atoms. The molecule has 1 aromatic heterocycles. The molecular weight excluding hydrogens is 444 g/mol. The zero-order valence-electron chi connectivity index (χ0n) is 15.6. The highest BCUT2D eigenvalue weighted by Gasteiger charge is 2.34. The van der Waals surface area contributed by atoms with Crippen molar-refractivity contribution in [3.63, 3.8) is 0 Å². The van der Waals surface area contributed by atoms with E-state index in [-0.39, 0.29) is 28.2 Å². The van der Waals surface area contributed by atoms with Gasteiger partial charge in [-0.05, 0) is 36.3 Å². The summed E-state index contributed by atoms with van der Waals surface area (Å²) in [6, 6.07) is 7.25. The second-order valence-corrected chi connectivity index (χ2v) is 7.95. The maximum absolute atomic E-state index is 12.6. The van der Waals surface area contributed by atoms with Gasteiger partial charge in [0.15, 0.2) is 4.77 Å². The van der Waals surface area contributed by atoms with Gasteiger partial charge in [0.25, 0.3) is 5.56 Å². The summed E-state index contributed by atoms with van der Waals surface area (Å²) < 4.78 is 2.60. The molecule has 0 fully saturated rings. The van der Waals surface area contributed by atoms with Gasteiger partial charge in [-0.15, -0.1) is 0 Å². The monoisotopic (exact) mass is 464 g/mol. The fraction of sp³-hybridized carbons (Fsp3) is 0.368. The van der Waals surface area contributed by atoms with E-state index < -0.39 is 5.56 Å². The van der Waals surface area contributed by atoms with E-state index in [4.69, 9.17) is 12.2 Å². The van der Waals surface area contributed by atoms with Gasteiger partial charge in [-0.2, -0.15) is 5.10 Å². The Hall–Kier alpha value is -2.26. The number of amides is 1. The van der Waals surface area contributed by atoms with Crippen molar-refractivity contribution >= 4 is 39.8 Å². The number of hydrogen-bond acceptors (Lipinski definition) is 5. The standard InChI is InChI=1S/C19H21BrN4O3S/c1-3-4-9-23-18(27)16(17(26)21-19(23)28)14-10-15(24(22-14)11(2)25)12-5-7-13(20)8-6-12/h5-8,15,27H,3-4,9-10H2,1-2H3,(H,21,26,28)/t15-/m0/s1. The van der Waals surface area contributed by atoms with E-state index in [0.29, 0.717) is 18.7 Å². The number of rotatable bonds is 5. The Kier molecular flexibility index (Phi) is 6.14. The van der Waals surface area contributed by atoms with E-state index in [2.05, 4.69) is 26.0 Å². The van der Waals surface area contributed by atoms with E-state index in [9.17, 15) is 14.7 Å². The van der Waals surface area contributed by atoms with Crippen molar-refractivity contribution in [2.75, 3.05) is 0 Å². The first-order valence-corrected chi connectivity index (χ1v) is 10.2.